The van der Waals surface area contributed by atoms with Gasteiger partial charge in [0.05, 0.1) is 5.02 Å². The van der Waals surface area contributed by atoms with Crippen molar-refractivity contribution in [2.75, 3.05) is 0 Å². The lowest BCUT2D eigenvalue weighted by molar-refractivity contribution is 0.318. The minimum atomic E-state index is -0.355. The normalized spacial score (nSPS) is 11.4. The van der Waals surface area contributed by atoms with Crippen LogP contribution in [0.5, 0.6) is 11.5 Å². The summed E-state index contributed by atoms with van der Waals surface area (Å²) in [5, 5.41) is 11.7. The minimum absolute atomic E-state index is 0.0557. The average Bonchev–Trinajstić information content (AvgIpc) is 2.44. The Morgan fingerprint density at radius 2 is 2.05 bits per heavy atom. The highest BCUT2D eigenvalue weighted by Gasteiger charge is 2.08. The zero-order chi connectivity index (χ0) is 14.7. The van der Waals surface area contributed by atoms with Crippen molar-refractivity contribution in [1.82, 2.24) is 0 Å². The lowest BCUT2D eigenvalue weighted by atomic mass is 10.2. The molecule has 0 saturated heterocycles. The largest absolute Gasteiger partial charge is 0.456 e. The van der Waals surface area contributed by atoms with Gasteiger partial charge >= 0.3 is 0 Å². The number of hydrogen-bond acceptors (Lipinski definition) is 3. The fourth-order valence-electron chi connectivity index (χ4n) is 1.56. The molecular formula is C14H12ClFN2O2. The van der Waals surface area contributed by atoms with Crippen LogP contribution in [-0.2, 0) is 0 Å². The van der Waals surface area contributed by atoms with Crippen molar-refractivity contribution in [2.24, 2.45) is 10.9 Å². The summed E-state index contributed by atoms with van der Waals surface area (Å²) in [6, 6.07) is 9.18. The minimum Gasteiger partial charge on any atom is -0.456 e. The van der Waals surface area contributed by atoms with Crippen LogP contribution >= 0.6 is 11.6 Å². The molecule has 0 amide bonds. The van der Waals surface area contributed by atoms with Crippen LogP contribution in [0.1, 0.15) is 11.1 Å². The number of halogens is 2. The van der Waals surface area contributed by atoms with E-state index in [9.17, 15) is 4.39 Å². The molecule has 3 N–H and O–H groups in total. The molecule has 0 aliphatic heterocycles. The molecule has 0 unspecified atom stereocenters. The summed E-state index contributed by atoms with van der Waals surface area (Å²) in [7, 11) is 0. The van der Waals surface area contributed by atoms with E-state index in [1.165, 1.54) is 12.1 Å². The Morgan fingerprint density at radius 3 is 2.65 bits per heavy atom. The molecule has 6 heteroatoms. The predicted octanol–water partition coefficient (Wildman–Crippen LogP) is 3.67. The first-order chi connectivity index (χ1) is 9.51. The second-order valence-electron chi connectivity index (χ2n) is 4.14. The van der Waals surface area contributed by atoms with Crippen LogP contribution in [0.4, 0.5) is 4.39 Å². The van der Waals surface area contributed by atoms with Crippen molar-refractivity contribution < 1.29 is 14.3 Å². The molecule has 0 saturated carbocycles. The zero-order valence-corrected chi connectivity index (χ0v) is 11.4. The van der Waals surface area contributed by atoms with Gasteiger partial charge in [0.15, 0.2) is 5.84 Å². The summed E-state index contributed by atoms with van der Waals surface area (Å²) >= 11 is 6.04. The van der Waals surface area contributed by atoms with E-state index in [-0.39, 0.29) is 16.7 Å². The number of nitrogens with two attached hydrogens (primary N) is 1. The van der Waals surface area contributed by atoms with E-state index in [0.29, 0.717) is 22.6 Å². The lowest BCUT2D eigenvalue weighted by Gasteiger charge is -2.09. The molecule has 0 aliphatic rings. The third-order valence-corrected chi connectivity index (χ3v) is 3.00. The van der Waals surface area contributed by atoms with Crippen LogP contribution in [-0.4, -0.2) is 11.0 Å². The number of oxime groups is 1. The van der Waals surface area contributed by atoms with Crippen molar-refractivity contribution in [1.29, 1.82) is 0 Å². The Morgan fingerprint density at radius 1 is 1.30 bits per heavy atom. The van der Waals surface area contributed by atoms with E-state index in [2.05, 4.69) is 5.16 Å². The van der Waals surface area contributed by atoms with Crippen LogP contribution in [0.2, 0.25) is 5.02 Å². The highest BCUT2D eigenvalue weighted by Crippen LogP contribution is 2.30. The quantitative estimate of drug-likeness (QED) is 0.393. The Bertz CT molecular complexity index is 674. The number of nitrogens with zero attached hydrogens (tertiary/aromatic N) is 1. The van der Waals surface area contributed by atoms with Gasteiger partial charge in [-0.3, -0.25) is 0 Å². The van der Waals surface area contributed by atoms with E-state index in [1.54, 1.807) is 31.2 Å². The first-order valence-corrected chi connectivity index (χ1v) is 6.10. The summed E-state index contributed by atoms with van der Waals surface area (Å²) < 4.78 is 18.9. The topological polar surface area (TPSA) is 67.8 Å². The smallest absolute Gasteiger partial charge is 0.170 e. The number of amidine groups is 1. The van der Waals surface area contributed by atoms with Crippen molar-refractivity contribution in [2.45, 2.75) is 6.92 Å². The molecule has 0 aliphatic carbocycles. The third-order valence-electron chi connectivity index (χ3n) is 2.71. The third kappa shape index (κ3) is 3.00. The van der Waals surface area contributed by atoms with Gasteiger partial charge in [0.1, 0.15) is 17.3 Å². The average molecular weight is 295 g/mol. The van der Waals surface area contributed by atoms with Crippen molar-refractivity contribution in [3.63, 3.8) is 0 Å². The zero-order valence-electron chi connectivity index (χ0n) is 10.6. The van der Waals surface area contributed by atoms with Gasteiger partial charge in [-0.15, -0.1) is 0 Å². The Balaban J connectivity index is 2.28. The van der Waals surface area contributed by atoms with E-state index in [1.807, 2.05) is 0 Å². The SMILES string of the molecule is Cc1ccc(Oc2ccc(/C(N)=N/O)cc2Cl)cc1F. The van der Waals surface area contributed by atoms with Gasteiger partial charge in [-0.2, -0.15) is 0 Å². The van der Waals surface area contributed by atoms with Crippen LogP contribution in [0.15, 0.2) is 41.6 Å². The van der Waals surface area contributed by atoms with Gasteiger partial charge in [0.25, 0.3) is 0 Å². The van der Waals surface area contributed by atoms with Gasteiger partial charge in [0, 0.05) is 11.6 Å². The lowest BCUT2D eigenvalue weighted by Crippen LogP contribution is -2.12. The number of aryl methyl sites for hydroxylation is 1. The summed E-state index contributed by atoms with van der Waals surface area (Å²) in [5.41, 5.74) is 6.44. The maximum Gasteiger partial charge on any atom is 0.170 e. The fourth-order valence-corrected chi connectivity index (χ4v) is 1.78. The standard InChI is InChI=1S/C14H12ClFN2O2/c1-8-2-4-10(7-12(8)16)20-13-5-3-9(6-11(13)15)14(17)18-19/h2-7,19H,1H3,(H2,17,18). The molecule has 0 heterocycles. The second kappa shape index (κ2) is 5.79. The Hall–Kier alpha value is -2.27. The first-order valence-electron chi connectivity index (χ1n) is 5.72. The summed E-state index contributed by atoms with van der Waals surface area (Å²) in [4.78, 5) is 0. The van der Waals surface area contributed by atoms with Crippen LogP contribution in [0.25, 0.3) is 0 Å². The van der Waals surface area contributed by atoms with Crippen LogP contribution in [0.3, 0.4) is 0 Å². The molecule has 0 spiro atoms. The Labute approximate surface area is 120 Å². The monoisotopic (exact) mass is 294 g/mol. The van der Waals surface area contributed by atoms with Crippen molar-refractivity contribution >= 4 is 17.4 Å². The second-order valence-corrected chi connectivity index (χ2v) is 4.55. The van der Waals surface area contributed by atoms with Gasteiger partial charge in [-0.1, -0.05) is 22.8 Å². The van der Waals surface area contributed by atoms with Gasteiger partial charge in [0.2, 0.25) is 0 Å². The summed E-state index contributed by atoms with van der Waals surface area (Å²) in [6.07, 6.45) is 0. The molecule has 2 rings (SSSR count). The van der Waals surface area contributed by atoms with Gasteiger partial charge in [-0.25, -0.2) is 4.39 Å². The number of benzene rings is 2. The van der Waals surface area contributed by atoms with Crippen molar-refractivity contribution in [3.05, 3.63) is 58.4 Å². The molecule has 0 bridgehead atoms. The highest BCUT2D eigenvalue weighted by molar-refractivity contribution is 6.32. The molecule has 2 aromatic carbocycles. The molecule has 0 atom stereocenters. The van der Waals surface area contributed by atoms with E-state index in [0.717, 1.165) is 0 Å². The maximum absolute atomic E-state index is 13.4. The molecule has 20 heavy (non-hydrogen) atoms. The summed E-state index contributed by atoms with van der Waals surface area (Å²) in [6.45, 7) is 1.66. The van der Waals surface area contributed by atoms with Crippen LogP contribution in [0, 0.1) is 12.7 Å². The maximum atomic E-state index is 13.4. The number of hydrogen-bond donors (Lipinski definition) is 2. The van der Waals surface area contributed by atoms with E-state index >= 15 is 0 Å². The molecule has 104 valence electrons. The van der Waals surface area contributed by atoms with E-state index in [4.69, 9.17) is 27.3 Å². The number of ether oxygens (including phenoxy) is 1. The number of rotatable bonds is 3. The molecule has 0 radical (unpaired) electrons. The molecule has 4 nitrogen and oxygen atoms in total. The summed E-state index contributed by atoms with van der Waals surface area (Å²) in [5.74, 6) is 0.280. The first kappa shape index (κ1) is 14.1. The molecule has 0 aromatic heterocycles. The Kier molecular flexibility index (Phi) is 4.10. The molecule has 0 fully saturated rings. The van der Waals surface area contributed by atoms with Gasteiger partial charge in [-0.05, 0) is 36.8 Å². The van der Waals surface area contributed by atoms with Gasteiger partial charge < -0.3 is 15.7 Å². The fraction of sp³-hybridized carbons (Fsp3) is 0.0714. The van der Waals surface area contributed by atoms with Crippen LogP contribution < -0.4 is 10.5 Å². The molecule has 2 aromatic rings. The molecular weight excluding hydrogens is 283 g/mol. The van der Waals surface area contributed by atoms with E-state index < -0.39 is 0 Å². The highest BCUT2D eigenvalue weighted by atomic mass is 35.5. The predicted molar refractivity (Wildman–Crippen MR) is 75.2 cm³/mol. The van der Waals surface area contributed by atoms with Crippen molar-refractivity contribution in [3.8, 4) is 11.5 Å².